The zero-order valence-corrected chi connectivity index (χ0v) is 16.8. The minimum atomic E-state index is -3.36. The molecule has 3 fully saturated rings. The quantitative estimate of drug-likeness (QED) is 0.682. The van der Waals surface area contributed by atoms with E-state index in [2.05, 4.69) is 4.72 Å². The standard InChI is InChI=1S/C17H24FN3O4S2/c1-27(23,24)19-8-15-9-20(16(22)25-15)12-3-2-6-17(18,7-12)21-13-4-5-14(21)11-26-10-13/h2-3,6,13-15,19H,4-5,7-11H2,1H3/t13-,14+,15-,17?/m0/s1. The van der Waals surface area contributed by atoms with Crippen molar-refractivity contribution >= 4 is 27.9 Å². The van der Waals surface area contributed by atoms with E-state index >= 15 is 4.39 Å². The van der Waals surface area contributed by atoms with E-state index < -0.39 is 28.0 Å². The van der Waals surface area contributed by atoms with E-state index in [-0.39, 0.29) is 31.6 Å². The van der Waals surface area contributed by atoms with Gasteiger partial charge in [0.2, 0.25) is 10.0 Å². The number of cyclic esters (lactones) is 1. The lowest BCUT2D eigenvalue weighted by Gasteiger charge is -2.44. The predicted molar refractivity (Wildman–Crippen MR) is 101 cm³/mol. The number of carbonyl (C=O) groups is 1. The Hall–Kier alpha value is -1.10. The van der Waals surface area contributed by atoms with Crippen molar-refractivity contribution in [3.8, 4) is 0 Å². The molecular formula is C17H24FN3O4S2. The maximum Gasteiger partial charge on any atom is 0.414 e. The van der Waals surface area contributed by atoms with Crippen molar-refractivity contribution in [1.29, 1.82) is 0 Å². The number of thioether (sulfide) groups is 1. The summed E-state index contributed by atoms with van der Waals surface area (Å²) in [5.41, 5.74) is 0.574. The largest absolute Gasteiger partial charge is 0.443 e. The molecule has 10 heteroatoms. The van der Waals surface area contributed by atoms with Gasteiger partial charge in [-0.05, 0) is 25.0 Å². The summed E-state index contributed by atoms with van der Waals surface area (Å²) in [5.74, 6) is 0.292. The van der Waals surface area contributed by atoms with E-state index in [0.29, 0.717) is 5.70 Å². The van der Waals surface area contributed by atoms with Crippen molar-refractivity contribution in [3.05, 3.63) is 23.9 Å². The van der Waals surface area contributed by atoms with E-state index in [1.807, 2.05) is 16.7 Å². The summed E-state index contributed by atoms with van der Waals surface area (Å²) in [6.07, 6.45) is 7.06. The minimum absolute atomic E-state index is 0.0124. The molecule has 2 bridgehead atoms. The van der Waals surface area contributed by atoms with Crippen LogP contribution in [0.2, 0.25) is 0 Å². The molecule has 0 aromatic heterocycles. The Kier molecular flexibility index (Phi) is 5.02. The van der Waals surface area contributed by atoms with Crippen molar-refractivity contribution < 1.29 is 22.3 Å². The van der Waals surface area contributed by atoms with E-state index in [1.165, 1.54) is 4.90 Å². The van der Waals surface area contributed by atoms with Crippen LogP contribution in [0.25, 0.3) is 0 Å². The number of alkyl halides is 1. The molecule has 7 nitrogen and oxygen atoms in total. The number of hydrogen-bond acceptors (Lipinski definition) is 6. The first-order valence-corrected chi connectivity index (χ1v) is 12.2. The second-order valence-corrected chi connectivity index (χ2v) is 10.5. The average molecular weight is 418 g/mol. The molecule has 3 aliphatic heterocycles. The average Bonchev–Trinajstić information content (AvgIpc) is 3.10. The number of allylic oxidation sites excluding steroid dienone is 2. The van der Waals surface area contributed by atoms with Crippen LogP contribution in [-0.2, 0) is 14.8 Å². The van der Waals surface area contributed by atoms with Gasteiger partial charge in [0.25, 0.3) is 0 Å². The second-order valence-electron chi connectivity index (χ2n) is 7.58. The number of fused-ring (bicyclic) bond motifs is 2. The Morgan fingerprint density at radius 1 is 1.37 bits per heavy atom. The predicted octanol–water partition coefficient (Wildman–Crippen LogP) is 1.45. The molecule has 150 valence electrons. The second kappa shape index (κ2) is 7.06. The van der Waals surface area contributed by atoms with E-state index in [9.17, 15) is 13.2 Å². The number of ether oxygens (including phenoxy) is 1. The monoisotopic (exact) mass is 417 g/mol. The number of hydrogen-bond donors (Lipinski definition) is 1. The molecule has 4 aliphatic rings. The number of nitrogens with one attached hydrogen (secondary N) is 1. The fourth-order valence-electron chi connectivity index (χ4n) is 4.38. The van der Waals surface area contributed by atoms with Gasteiger partial charge in [-0.25, -0.2) is 22.3 Å². The SMILES string of the molecule is CS(=O)(=O)NC[C@H]1CN(C2=CC=CC(F)(N3[C@@H]4CC[C@H]3CSC4)C2)C(=O)O1. The number of nitrogens with zero attached hydrogens (tertiary/aromatic N) is 2. The van der Waals surface area contributed by atoms with Crippen LogP contribution in [0.5, 0.6) is 0 Å². The van der Waals surface area contributed by atoms with E-state index in [0.717, 1.165) is 30.6 Å². The highest BCUT2D eigenvalue weighted by molar-refractivity contribution is 7.99. The van der Waals surface area contributed by atoms with Crippen LogP contribution in [0.4, 0.5) is 9.18 Å². The summed E-state index contributed by atoms with van der Waals surface area (Å²) in [7, 11) is -3.36. The van der Waals surface area contributed by atoms with Crippen LogP contribution < -0.4 is 4.72 Å². The van der Waals surface area contributed by atoms with Crippen LogP contribution in [0, 0.1) is 0 Å². The minimum Gasteiger partial charge on any atom is -0.443 e. The van der Waals surface area contributed by atoms with Gasteiger partial charge in [0.15, 0.2) is 5.79 Å². The zero-order valence-electron chi connectivity index (χ0n) is 15.1. The van der Waals surface area contributed by atoms with Gasteiger partial charge in [0, 0.05) is 42.3 Å². The molecule has 0 saturated carbocycles. The summed E-state index contributed by atoms with van der Waals surface area (Å²) in [4.78, 5) is 15.7. The first kappa shape index (κ1) is 19.2. The molecule has 0 aromatic carbocycles. The highest BCUT2D eigenvalue weighted by Gasteiger charge is 2.50. The normalized spacial score (nSPS) is 36.8. The summed E-state index contributed by atoms with van der Waals surface area (Å²) in [6, 6.07) is 0.472. The lowest BCUT2D eigenvalue weighted by atomic mass is 9.98. The molecule has 0 radical (unpaired) electrons. The maximum absolute atomic E-state index is 15.9. The molecule has 0 spiro atoms. The molecule has 0 aromatic rings. The fraction of sp³-hybridized carbons (Fsp3) is 0.706. The summed E-state index contributed by atoms with van der Waals surface area (Å²) in [5, 5.41) is 0. The molecule has 1 amide bonds. The number of sulfonamides is 1. The maximum atomic E-state index is 15.9. The highest BCUT2D eigenvalue weighted by atomic mass is 32.2. The van der Waals surface area contributed by atoms with E-state index in [4.69, 9.17) is 4.74 Å². The summed E-state index contributed by atoms with van der Waals surface area (Å²) >= 11 is 1.89. The fourth-order valence-corrected chi connectivity index (χ4v) is 6.21. The van der Waals surface area contributed by atoms with Crippen molar-refractivity contribution in [2.45, 2.75) is 43.2 Å². The molecule has 4 rings (SSSR count). The highest BCUT2D eigenvalue weighted by Crippen LogP contribution is 2.44. The van der Waals surface area contributed by atoms with Gasteiger partial charge in [0.05, 0.1) is 12.8 Å². The molecule has 1 N–H and O–H groups in total. The van der Waals surface area contributed by atoms with Gasteiger partial charge in [-0.3, -0.25) is 9.80 Å². The Morgan fingerprint density at radius 2 is 2.07 bits per heavy atom. The van der Waals surface area contributed by atoms with Gasteiger partial charge in [0.1, 0.15) is 6.10 Å². The first-order chi connectivity index (χ1) is 12.8. The summed E-state index contributed by atoms with van der Waals surface area (Å²) in [6.45, 7) is 0.221. The van der Waals surface area contributed by atoms with Gasteiger partial charge >= 0.3 is 6.09 Å². The van der Waals surface area contributed by atoms with E-state index in [1.54, 1.807) is 18.2 Å². The van der Waals surface area contributed by atoms with Gasteiger partial charge < -0.3 is 4.74 Å². The lowest BCUT2D eigenvalue weighted by molar-refractivity contribution is -0.0251. The van der Waals surface area contributed by atoms with Crippen LogP contribution >= 0.6 is 11.8 Å². The molecule has 1 unspecified atom stereocenters. The number of rotatable bonds is 5. The van der Waals surface area contributed by atoms with Crippen LogP contribution in [0.1, 0.15) is 19.3 Å². The summed E-state index contributed by atoms with van der Waals surface area (Å²) < 4.78 is 46.0. The van der Waals surface area contributed by atoms with Crippen LogP contribution in [0.3, 0.4) is 0 Å². The van der Waals surface area contributed by atoms with Crippen LogP contribution in [0.15, 0.2) is 23.9 Å². The van der Waals surface area contributed by atoms with Crippen molar-refractivity contribution in [3.63, 3.8) is 0 Å². The lowest BCUT2D eigenvalue weighted by Crippen LogP contribution is -2.55. The van der Waals surface area contributed by atoms with Crippen molar-refractivity contribution in [2.24, 2.45) is 0 Å². The first-order valence-electron chi connectivity index (χ1n) is 9.11. The molecule has 4 atom stereocenters. The molecule has 27 heavy (non-hydrogen) atoms. The Balaban J connectivity index is 1.45. The topological polar surface area (TPSA) is 79.0 Å². The third kappa shape index (κ3) is 3.90. The molecular weight excluding hydrogens is 393 g/mol. The Morgan fingerprint density at radius 3 is 2.74 bits per heavy atom. The smallest absolute Gasteiger partial charge is 0.414 e. The zero-order chi connectivity index (χ0) is 19.2. The van der Waals surface area contributed by atoms with Gasteiger partial charge in [-0.1, -0.05) is 6.08 Å². The van der Waals surface area contributed by atoms with Crippen LogP contribution in [-0.4, -0.2) is 79.1 Å². The Bertz CT molecular complexity index is 771. The van der Waals surface area contributed by atoms with Gasteiger partial charge in [-0.15, -0.1) is 0 Å². The number of carbonyl (C=O) groups excluding carboxylic acids is 1. The van der Waals surface area contributed by atoms with Crippen molar-refractivity contribution in [2.75, 3.05) is 30.9 Å². The molecule has 3 saturated heterocycles. The molecule has 1 aliphatic carbocycles. The number of halogens is 1. The van der Waals surface area contributed by atoms with Crippen molar-refractivity contribution in [1.82, 2.24) is 14.5 Å². The number of amides is 1. The Labute approximate surface area is 163 Å². The third-order valence-corrected chi connectivity index (χ3v) is 7.46. The third-order valence-electron chi connectivity index (χ3n) is 5.53. The van der Waals surface area contributed by atoms with Gasteiger partial charge in [-0.2, -0.15) is 11.8 Å². The molecule has 3 heterocycles.